The predicted molar refractivity (Wildman–Crippen MR) is 60.9 cm³/mol. The van der Waals surface area contributed by atoms with Crippen LogP contribution in [-0.4, -0.2) is 6.61 Å². The molecular weight excluding hydrogens is 222 g/mol. The largest absolute Gasteiger partial charge is 0.370 e. The van der Waals surface area contributed by atoms with Crippen molar-refractivity contribution in [3.05, 3.63) is 35.1 Å². The minimum Gasteiger partial charge on any atom is -0.370 e. The van der Waals surface area contributed by atoms with Gasteiger partial charge in [0.1, 0.15) is 12.0 Å². The van der Waals surface area contributed by atoms with Crippen molar-refractivity contribution in [3.8, 4) is 0 Å². The van der Waals surface area contributed by atoms with Crippen LogP contribution in [0.2, 0.25) is 0 Å². The van der Waals surface area contributed by atoms with Crippen LogP contribution in [-0.2, 0) is 4.74 Å². The monoisotopic (exact) mass is 238 g/mol. The summed E-state index contributed by atoms with van der Waals surface area (Å²) in [5, 5.41) is 0. The molecule has 1 aliphatic heterocycles. The molecule has 0 amide bonds. The summed E-state index contributed by atoms with van der Waals surface area (Å²) in [4.78, 5) is 0. The van der Waals surface area contributed by atoms with Crippen LogP contribution in [0.15, 0.2) is 18.2 Å². The van der Waals surface area contributed by atoms with Crippen molar-refractivity contribution >= 4 is 0 Å². The summed E-state index contributed by atoms with van der Waals surface area (Å²) in [6.07, 6.45) is 3.51. The molecule has 92 valence electrons. The molecule has 1 aromatic carbocycles. The van der Waals surface area contributed by atoms with E-state index in [4.69, 9.17) is 4.74 Å². The molecule has 2 aliphatic rings. The minimum atomic E-state index is -1.18. The second-order valence-electron chi connectivity index (χ2n) is 5.04. The van der Waals surface area contributed by atoms with Crippen molar-refractivity contribution in [1.29, 1.82) is 0 Å². The quantitative estimate of drug-likeness (QED) is 0.715. The standard InChI is InChI=1S/C14H16F2O/c15-10-5-6-11-12(7-10)13(16)8-17-14(11)9-3-1-2-4-9/h5-7,9,13-14H,1-4,8H2. The number of fused-ring (bicyclic) bond motifs is 1. The summed E-state index contributed by atoms with van der Waals surface area (Å²) < 4.78 is 32.5. The fourth-order valence-corrected chi connectivity index (χ4v) is 3.09. The average molecular weight is 238 g/mol. The van der Waals surface area contributed by atoms with Gasteiger partial charge in [-0.05, 0) is 42.0 Å². The van der Waals surface area contributed by atoms with Crippen molar-refractivity contribution in [2.24, 2.45) is 5.92 Å². The summed E-state index contributed by atoms with van der Waals surface area (Å²) in [5.74, 6) is 0.116. The normalized spacial score (nSPS) is 29.3. The van der Waals surface area contributed by atoms with Crippen LogP contribution in [0.5, 0.6) is 0 Å². The number of benzene rings is 1. The predicted octanol–water partition coefficient (Wildman–Crippen LogP) is 4.10. The fraction of sp³-hybridized carbons (Fsp3) is 0.571. The van der Waals surface area contributed by atoms with Gasteiger partial charge in [0.15, 0.2) is 0 Å². The lowest BCUT2D eigenvalue weighted by atomic mass is 9.88. The fourth-order valence-electron chi connectivity index (χ4n) is 3.09. The van der Waals surface area contributed by atoms with Crippen LogP contribution in [0.1, 0.15) is 49.1 Å². The van der Waals surface area contributed by atoms with Gasteiger partial charge in [0.2, 0.25) is 0 Å². The molecule has 0 aromatic heterocycles. The molecule has 3 rings (SSSR count). The molecule has 17 heavy (non-hydrogen) atoms. The molecule has 0 spiro atoms. The van der Waals surface area contributed by atoms with Gasteiger partial charge in [0.25, 0.3) is 0 Å². The first-order chi connectivity index (χ1) is 8.25. The Bertz CT molecular complexity index is 413. The zero-order chi connectivity index (χ0) is 11.8. The van der Waals surface area contributed by atoms with Crippen molar-refractivity contribution in [1.82, 2.24) is 0 Å². The lowest BCUT2D eigenvalue weighted by Gasteiger charge is -2.32. The molecule has 0 radical (unpaired) electrons. The van der Waals surface area contributed by atoms with E-state index in [-0.39, 0.29) is 18.5 Å². The Morgan fingerprint density at radius 3 is 2.65 bits per heavy atom. The highest BCUT2D eigenvalue weighted by atomic mass is 19.1. The van der Waals surface area contributed by atoms with Crippen molar-refractivity contribution < 1.29 is 13.5 Å². The van der Waals surface area contributed by atoms with E-state index in [0.29, 0.717) is 11.5 Å². The van der Waals surface area contributed by atoms with Crippen molar-refractivity contribution in [2.75, 3.05) is 6.61 Å². The van der Waals surface area contributed by atoms with E-state index in [2.05, 4.69) is 0 Å². The van der Waals surface area contributed by atoms with E-state index < -0.39 is 6.17 Å². The summed E-state index contributed by atoms with van der Waals surface area (Å²) in [6, 6.07) is 4.42. The molecule has 2 atom stereocenters. The molecule has 0 saturated heterocycles. The molecule has 0 N–H and O–H groups in total. The van der Waals surface area contributed by atoms with E-state index in [0.717, 1.165) is 18.4 Å². The molecule has 1 heterocycles. The summed E-state index contributed by atoms with van der Waals surface area (Å²) >= 11 is 0. The van der Waals surface area contributed by atoms with Crippen LogP contribution in [0.3, 0.4) is 0 Å². The smallest absolute Gasteiger partial charge is 0.149 e. The third kappa shape index (κ3) is 1.97. The summed E-state index contributed by atoms with van der Waals surface area (Å²) in [5.41, 5.74) is 1.35. The van der Waals surface area contributed by atoms with E-state index in [1.54, 1.807) is 6.07 Å². The average Bonchev–Trinajstić information content (AvgIpc) is 2.84. The third-order valence-electron chi connectivity index (χ3n) is 3.94. The summed E-state index contributed by atoms with van der Waals surface area (Å²) in [7, 11) is 0. The molecule has 1 nitrogen and oxygen atoms in total. The summed E-state index contributed by atoms with van der Waals surface area (Å²) in [6.45, 7) is 0.0671. The highest BCUT2D eigenvalue weighted by molar-refractivity contribution is 5.34. The number of hydrogen-bond acceptors (Lipinski definition) is 1. The van der Waals surface area contributed by atoms with E-state index in [1.165, 1.54) is 25.0 Å². The Labute approximate surface area is 99.8 Å². The van der Waals surface area contributed by atoms with Gasteiger partial charge in [-0.15, -0.1) is 0 Å². The van der Waals surface area contributed by atoms with Gasteiger partial charge < -0.3 is 4.74 Å². The highest BCUT2D eigenvalue weighted by Crippen LogP contribution is 2.44. The molecule has 1 saturated carbocycles. The Hall–Kier alpha value is -0.960. The van der Waals surface area contributed by atoms with E-state index in [9.17, 15) is 8.78 Å². The van der Waals surface area contributed by atoms with Gasteiger partial charge in [-0.2, -0.15) is 0 Å². The van der Waals surface area contributed by atoms with Crippen LogP contribution >= 0.6 is 0 Å². The zero-order valence-electron chi connectivity index (χ0n) is 9.66. The Morgan fingerprint density at radius 1 is 1.12 bits per heavy atom. The Morgan fingerprint density at radius 2 is 1.88 bits per heavy atom. The number of halogens is 2. The number of ether oxygens (including phenoxy) is 1. The maximum atomic E-state index is 13.7. The van der Waals surface area contributed by atoms with Crippen molar-refractivity contribution in [3.63, 3.8) is 0 Å². The molecule has 0 bridgehead atoms. The molecule has 1 aromatic rings. The molecule has 3 heteroatoms. The highest BCUT2D eigenvalue weighted by Gasteiger charge is 2.34. The SMILES string of the molecule is Fc1ccc2c(c1)C(F)COC2C1CCCC1. The Balaban J connectivity index is 1.96. The first kappa shape index (κ1) is 11.1. The first-order valence-corrected chi connectivity index (χ1v) is 6.31. The minimum absolute atomic E-state index is 0.0277. The van der Waals surface area contributed by atoms with Gasteiger partial charge in [-0.3, -0.25) is 0 Å². The Kier molecular flexibility index (Phi) is 2.87. The van der Waals surface area contributed by atoms with Crippen LogP contribution in [0.4, 0.5) is 8.78 Å². The van der Waals surface area contributed by atoms with Crippen LogP contribution < -0.4 is 0 Å². The van der Waals surface area contributed by atoms with Crippen LogP contribution in [0, 0.1) is 11.7 Å². The second kappa shape index (κ2) is 4.37. The van der Waals surface area contributed by atoms with E-state index >= 15 is 0 Å². The van der Waals surface area contributed by atoms with Gasteiger partial charge in [0.05, 0.1) is 12.7 Å². The van der Waals surface area contributed by atoms with E-state index in [1.807, 2.05) is 0 Å². The molecule has 1 aliphatic carbocycles. The molecular formula is C14H16F2O. The number of rotatable bonds is 1. The number of hydrogen-bond donors (Lipinski definition) is 0. The zero-order valence-corrected chi connectivity index (χ0v) is 9.66. The van der Waals surface area contributed by atoms with Gasteiger partial charge in [-0.1, -0.05) is 18.9 Å². The van der Waals surface area contributed by atoms with Crippen molar-refractivity contribution in [2.45, 2.75) is 38.0 Å². The molecule has 1 fully saturated rings. The third-order valence-corrected chi connectivity index (χ3v) is 3.94. The maximum Gasteiger partial charge on any atom is 0.149 e. The first-order valence-electron chi connectivity index (χ1n) is 6.31. The van der Waals surface area contributed by atoms with Gasteiger partial charge in [0, 0.05) is 0 Å². The lowest BCUT2D eigenvalue weighted by molar-refractivity contribution is -0.0317. The maximum absolute atomic E-state index is 13.7. The molecule has 2 unspecified atom stereocenters. The van der Waals surface area contributed by atoms with Gasteiger partial charge >= 0.3 is 0 Å². The van der Waals surface area contributed by atoms with Crippen LogP contribution in [0.25, 0.3) is 0 Å². The van der Waals surface area contributed by atoms with Gasteiger partial charge in [-0.25, -0.2) is 8.78 Å². The second-order valence-corrected chi connectivity index (χ2v) is 5.04. The topological polar surface area (TPSA) is 9.23 Å². The lowest BCUT2D eigenvalue weighted by Crippen LogP contribution is -2.23. The number of alkyl halides is 1.